The smallest absolute Gasteiger partial charge is 0.187 e. The van der Waals surface area contributed by atoms with Crippen molar-refractivity contribution in [1.82, 2.24) is 0 Å². The topological polar surface area (TPSA) is 712 Å². The highest BCUT2D eigenvalue weighted by atomic mass is 16.8. The summed E-state index contributed by atoms with van der Waals surface area (Å²) in [6.07, 6.45) is -79.9. The zero-order valence-electron chi connectivity index (χ0n) is 52.0. The van der Waals surface area contributed by atoms with Crippen LogP contribution in [0.15, 0.2) is 0 Å². The number of hydrogen-bond acceptors (Lipinski definition) is 45. The lowest BCUT2D eigenvalue weighted by molar-refractivity contribution is -0.369. The number of aliphatic hydroxyl groups excluding tert-OH is 27. The normalized spacial score (nSPS) is 50.7. The molecule has 43 atom stereocenters. The van der Waals surface area contributed by atoms with Crippen LogP contribution in [0.5, 0.6) is 0 Å². The van der Waals surface area contributed by atoms with E-state index in [2.05, 4.69) is 0 Å². The van der Waals surface area contributed by atoms with E-state index in [1.807, 2.05) is 0 Å². The van der Waals surface area contributed by atoms with Crippen molar-refractivity contribution in [2.45, 2.75) is 264 Å². The van der Waals surface area contributed by atoms with Crippen molar-refractivity contribution in [2.24, 2.45) is 0 Å². The van der Waals surface area contributed by atoms with E-state index in [9.17, 15) is 138 Å². The van der Waals surface area contributed by atoms with Crippen molar-refractivity contribution in [1.29, 1.82) is 0 Å². The van der Waals surface area contributed by atoms with E-state index in [1.165, 1.54) is 0 Å². The Hall–Kier alpha value is -1.80. The molecule has 0 aromatic rings. The first-order valence-corrected chi connectivity index (χ1v) is 31.6. The van der Waals surface area contributed by atoms with Crippen LogP contribution in [0.1, 0.15) is 0 Å². The summed E-state index contributed by atoms with van der Waals surface area (Å²) >= 11 is 0. The van der Waals surface area contributed by atoms with E-state index < -0.39 is 337 Å². The second-order valence-corrected chi connectivity index (χ2v) is 25.0. The van der Waals surface area contributed by atoms with Crippen molar-refractivity contribution in [3.63, 3.8) is 0 Å². The van der Waals surface area contributed by atoms with Gasteiger partial charge in [-0.1, -0.05) is 0 Å². The Bertz CT molecular complexity index is 2400. The fourth-order valence-corrected chi connectivity index (χ4v) is 12.3. The van der Waals surface area contributed by atoms with Gasteiger partial charge in [-0.3, -0.25) is 0 Å². The average molecular weight is 1460 g/mol. The Balaban J connectivity index is 0.870. The molecule has 0 spiro atoms. The van der Waals surface area contributed by atoms with Gasteiger partial charge in [0.25, 0.3) is 0 Å². The minimum Gasteiger partial charge on any atom is -0.394 e. The summed E-state index contributed by atoms with van der Waals surface area (Å²) in [7, 11) is 0. The monoisotopic (exact) mass is 1460 g/mol. The highest BCUT2D eigenvalue weighted by Crippen LogP contribution is 2.39. The van der Waals surface area contributed by atoms with Crippen LogP contribution < -0.4 is 0 Å². The molecule has 9 aliphatic heterocycles. The summed E-state index contributed by atoms with van der Waals surface area (Å²) < 4.78 is 103. The van der Waals surface area contributed by atoms with E-state index in [0.29, 0.717) is 0 Å². The maximum Gasteiger partial charge on any atom is 0.187 e. The maximum atomic E-state index is 11.8. The molecule has 0 unspecified atom stereocenters. The molecule has 9 aliphatic rings. The molecule has 9 heterocycles. The highest BCUT2D eigenvalue weighted by molar-refractivity contribution is 5.00. The molecule has 0 amide bonds. The molecule has 99 heavy (non-hydrogen) atoms. The summed E-state index contributed by atoms with van der Waals surface area (Å²) in [4.78, 5) is 0. The van der Waals surface area contributed by atoms with Crippen LogP contribution in [0.2, 0.25) is 0 Å². The van der Waals surface area contributed by atoms with Gasteiger partial charge >= 0.3 is 0 Å². The van der Waals surface area contributed by atoms with Gasteiger partial charge in [0, 0.05) is 0 Å². The van der Waals surface area contributed by atoms with Crippen molar-refractivity contribution in [3.8, 4) is 0 Å². The first-order valence-electron chi connectivity index (χ1n) is 31.6. The molecule has 9 saturated heterocycles. The Morgan fingerprint density at radius 3 is 0.848 bits per heavy atom. The van der Waals surface area contributed by atoms with Crippen molar-refractivity contribution < 1.29 is 223 Å². The predicted molar refractivity (Wildman–Crippen MR) is 296 cm³/mol. The second-order valence-electron chi connectivity index (χ2n) is 25.0. The van der Waals surface area contributed by atoms with Gasteiger partial charge in [-0.25, -0.2) is 0 Å². The Morgan fingerprint density at radius 2 is 0.485 bits per heavy atom. The third-order valence-corrected chi connectivity index (χ3v) is 18.4. The van der Waals surface area contributed by atoms with Gasteiger partial charge in [-0.2, -0.15) is 0 Å². The SMILES string of the molecule is OC[C@@H](O)[C@H](O)[C@H](O)CO[C@H]1O[C@H](CO[C@H]2O[C@H](CO)[C@@H](O)[C@@H]2O[C@@H]2O[C@H](CO[C@H]3O[C@H](CO)[C@@H](O)[C@H](O)[C@@H]3O[C@H]3O[C@H](CO)[C@@H](O)[C@H](O)[C@@H]3O)[C@@H](O)[C@@H]2O)[C@@H](O[C@H]2O[C@H](CO)[C@@H](O)[C@@H]2O[C@@H]2O[C@H](CO[C@H]3O[C@H](CO)[C@@H](O)[C@H](O)[C@@H]3O[C@H]3O[C@H](CO)[C@@H](O)[C@H](O)[C@@H]3O)[C@@H](O)[C@@H]2O)[C@@H]1O. The fourth-order valence-electron chi connectivity index (χ4n) is 12.3. The zero-order valence-corrected chi connectivity index (χ0v) is 52.0. The Morgan fingerprint density at radius 1 is 0.222 bits per heavy atom. The summed E-state index contributed by atoms with van der Waals surface area (Å²) in [5.41, 5.74) is 0. The lowest BCUT2D eigenvalue weighted by Gasteiger charge is -2.46. The third-order valence-electron chi connectivity index (χ3n) is 18.4. The van der Waals surface area contributed by atoms with E-state index >= 15 is 0 Å². The lowest BCUT2D eigenvalue weighted by Crippen LogP contribution is -2.64. The van der Waals surface area contributed by atoms with E-state index in [1.54, 1.807) is 0 Å². The van der Waals surface area contributed by atoms with Crippen LogP contribution in [0.3, 0.4) is 0 Å². The summed E-state index contributed by atoms with van der Waals surface area (Å²) in [6.45, 7) is -9.94. The second kappa shape index (κ2) is 35.7. The van der Waals surface area contributed by atoms with Crippen LogP contribution >= 0.6 is 0 Å². The first kappa shape index (κ1) is 81.3. The first-order chi connectivity index (χ1) is 47.1. The molecule has 0 radical (unpaired) electrons. The third kappa shape index (κ3) is 17.6. The molecular formula is C54H92O45. The highest BCUT2D eigenvalue weighted by Gasteiger charge is 2.59. The van der Waals surface area contributed by atoms with Crippen molar-refractivity contribution in [2.75, 3.05) is 72.7 Å². The fraction of sp³-hybridized carbons (Fsp3) is 1.00. The minimum absolute atomic E-state index is 0.815. The van der Waals surface area contributed by atoms with Gasteiger partial charge in [0.05, 0.1) is 72.7 Å². The molecule has 9 fully saturated rings. The number of aliphatic hydroxyl groups is 27. The Kier molecular flexibility index (Phi) is 29.3. The molecule has 0 bridgehead atoms. The summed E-state index contributed by atoms with van der Waals surface area (Å²) in [5, 5.41) is 285. The van der Waals surface area contributed by atoms with Gasteiger partial charge in [0.1, 0.15) is 208 Å². The van der Waals surface area contributed by atoms with Gasteiger partial charge in [0.2, 0.25) is 0 Å². The summed E-state index contributed by atoms with van der Waals surface area (Å²) in [6, 6.07) is 0. The molecule has 27 N–H and O–H groups in total. The molecule has 9 rings (SSSR count). The van der Waals surface area contributed by atoms with Gasteiger partial charge in [-0.05, 0) is 0 Å². The van der Waals surface area contributed by atoms with E-state index in [0.717, 1.165) is 0 Å². The standard InChI is InChI=1S/C54H92O45/c55-1-12(62)23(64)13(63)8-82-46-40(81)41(95-54-43(31(72)19(7-61)91-54)97-48-37(78)29(70)21(93-48)10-84-53-45(35(76)27(68)17(5-59)89-53)99-50-39(80)33(74)25(66)15(3-57)87-50)22(94-46)11-85-51-42(30(71)18(6-60)90-51)96-47-36(77)28(69)20(92-47)9-83-52-44(34(75)26(67)16(4-58)88-52)98-49-38(79)32(73)24(65)14(2-56)86-49/h12-81H,1-11H2/t12-,13-,14-,15-,16-,17-,18-,19-,20-,21-,22-,23+,24-,25-,26-,27-,28-,29-,30-,31-,32+,33+,34+,35+,36+,37+,38+,39+,40+,41-,42+,43+,44+,45+,46+,47+,48+,49-,50-,51+,52+,53+,54-/m1/s1. The lowest BCUT2D eigenvalue weighted by atomic mass is 9.97. The molecule has 578 valence electrons. The number of hydrogen-bond donors (Lipinski definition) is 27. The minimum atomic E-state index is -2.06. The van der Waals surface area contributed by atoms with Gasteiger partial charge in [-0.15, -0.1) is 0 Å². The molecule has 45 heteroatoms. The van der Waals surface area contributed by atoms with Gasteiger partial charge in [0.15, 0.2) is 56.6 Å². The van der Waals surface area contributed by atoms with Crippen molar-refractivity contribution in [3.05, 3.63) is 0 Å². The van der Waals surface area contributed by atoms with Crippen LogP contribution in [-0.2, 0) is 85.3 Å². The summed E-state index contributed by atoms with van der Waals surface area (Å²) in [5.74, 6) is 0. The molecule has 0 saturated carbocycles. The molecule has 0 aliphatic carbocycles. The van der Waals surface area contributed by atoms with E-state index in [4.69, 9.17) is 85.3 Å². The zero-order chi connectivity index (χ0) is 72.3. The quantitative estimate of drug-likeness (QED) is 0.0306. The Labute approximate surface area is 559 Å². The van der Waals surface area contributed by atoms with Crippen molar-refractivity contribution >= 4 is 0 Å². The van der Waals surface area contributed by atoms with Crippen LogP contribution in [0.4, 0.5) is 0 Å². The van der Waals surface area contributed by atoms with E-state index in [-0.39, 0.29) is 0 Å². The molecular weight excluding hydrogens is 1370 g/mol. The maximum absolute atomic E-state index is 11.8. The van der Waals surface area contributed by atoms with Crippen LogP contribution in [0, 0.1) is 0 Å². The molecule has 45 nitrogen and oxygen atoms in total. The van der Waals surface area contributed by atoms with Crippen LogP contribution in [0.25, 0.3) is 0 Å². The van der Waals surface area contributed by atoms with Crippen LogP contribution in [-0.4, -0.2) is 475 Å². The number of ether oxygens (including phenoxy) is 18. The largest absolute Gasteiger partial charge is 0.394 e. The molecule has 0 aromatic heterocycles. The molecule has 0 aromatic carbocycles. The number of rotatable bonds is 31. The average Bonchev–Trinajstić information content (AvgIpc) is 1.33. The predicted octanol–water partition coefficient (Wildman–Crippen LogP) is -19.3. The van der Waals surface area contributed by atoms with Gasteiger partial charge < -0.3 is 223 Å².